The van der Waals surface area contributed by atoms with Crippen molar-refractivity contribution < 1.29 is 9.13 Å². The van der Waals surface area contributed by atoms with E-state index in [1.54, 1.807) is 24.3 Å². The molecule has 18 heavy (non-hydrogen) atoms. The number of benzene rings is 2. The molecule has 2 N–H and O–H groups in total. The van der Waals surface area contributed by atoms with Gasteiger partial charge in [0.05, 0.1) is 4.47 Å². The highest BCUT2D eigenvalue weighted by Gasteiger charge is 2.12. The number of rotatable bonds is 3. The number of halogens is 3. The van der Waals surface area contributed by atoms with Gasteiger partial charge in [-0.25, -0.2) is 4.39 Å². The van der Waals surface area contributed by atoms with Crippen molar-refractivity contribution in [1.29, 1.82) is 0 Å². The maximum Gasteiger partial charge on any atom is 0.180 e. The molecule has 0 saturated heterocycles. The molecule has 0 amide bonds. The molecule has 0 aromatic heterocycles. The van der Waals surface area contributed by atoms with Crippen LogP contribution in [-0.4, -0.2) is 0 Å². The fourth-order valence-electron chi connectivity index (χ4n) is 1.47. The van der Waals surface area contributed by atoms with E-state index in [9.17, 15) is 4.39 Å². The van der Waals surface area contributed by atoms with Crippen molar-refractivity contribution in [3.8, 4) is 11.5 Å². The molecule has 2 nitrogen and oxygen atoms in total. The molecule has 0 unspecified atom stereocenters. The molecule has 0 fully saturated rings. The lowest BCUT2D eigenvalue weighted by molar-refractivity contribution is 0.439. The van der Waals surface area contributed by atoms with Crippen LogP contribution in [0.4, 0.5) is 4.39 Å². The van der Waals surface area contributed by atoms with Gasteiger partial charge >= 0.3 is 0 Å². The minimum atomic E-state index is -0.446. The van der Waals surface area contributed by atoms with Crippen LogP contribution >= 0.6 is 31.9 Å². The Bertz CT molecular complexity index is 575. The van der Waals surface area contributed by atoms with Gasteiger partial charge in [-0.05, 0) is 45.8 Å². The molecule has 0 bridgehead atoms. The summed E-state index contributed by atoms with van der Waals surface area (Å²) < 4.78 is 20.7. The van der Waals surface area contributed by atoms with E-state index >= 15 is 0 Å². The van der Waals surface area contributed by atoms with Gasteiger partial charge < -0.3 is 10.5 Å². The summed E-state index contributed by atoms with van der Waals surface area (Å²) in [7, 11) is 0. The van der Waals surface area contributed by atoms with Crippen molar-refractivity contribution >= 4 is 31.9 Å². The zero-order chi connectivity index (χ0) is 13.1. The third kappa shape index (κ3) is 2.91. The van der Waals surface area contributed by atoms with Crippen molar-refractivity contribution in [1.82, 2.24) is 0 Å². The first-order chi connectivity index (χ1) is 8.61. The Morgan fingerprint density at radius 2 is 1.94 bits per heavy atom. The van der Waals surface area contributed by atoms with E-state index in [4.69, 9.17) is 10.5 Å². The molecule has 94 valence electrons. The molecule has 0 saturated carbocycles. The molecule has 0 aliphatic carbocycles. The minimum Gasteiger partial charge on any atom is -0.454 e. The molecule has 0 heterocycles. The lowest BCUT2D eigenvalue weighted by Gasteiger charge is -2.10. The van der Waals surface area contributed by atoms with Crippen molar-refractivity contribution in [2.24, 2.45) is 5.73 Å². The van der Waals surface area contributed by atoms with Crippen LogP contribution in [0.5, 0.6) is 11.5 Å². The topological polar surface area (TPSA) is 35.2 Å². The Hall–Kier alpha value is -0.910. The van der Waals surface area contributed by atoms with Gasteiger partial charge in [0, 0.05) is 11.0 Å². The first-order valence-corrected chi connectivity index (χ1v) is 6.81. The Morgan fingerprint density at radius 3 is 2.61 bits per heavy atom. The van der Waals surface area contributed by atoms with Gasteiger partial charge in [0.1, 0.15) is 5.75 Å². The average Bonchev–Trinajstić information content (AvgIpc) is 2.35. The van der Waals surface area contributed by atoms with Crippen LogP contribution < -0.4 is 10.5 Å². The molecule has 2 rings (SSSR count). The van der Waals surface area contributed by atoms with Crippen LogP contribution in [0, 0.1) is 5.82 Å². The molecule has 2 aromatic carbocycles. The van der Waals surface area contributed by atoms with E-state index in [0.717, 1.165) is 4.47 Å². The first-order valence-electron chi connectivity index (χ1n) is 5.22. The van der Waals surface area contributed by atoms with Gasteiger partial charge in [0.15, 0.2) is 11.6 Å². The fourth-order valence-corrected chi connectivity index (χ4v) is 2.33. The average molecular weight is 375 g/mol. The second kappa shape index (κ2) is 5.82. The fraction of sp³-hybridized carbons (Fsp3) is 0.0769. The maximum atomic E-state index is 14.0. The summed E-state index contributed by atoms with van der Waals surface area (Å²) in [5.41, 5.74) is 6.20. The van der Waals surface area contributed by atoms with Gasteiger partial charge in [0.2, 0.25) is 0 Å². The van der Waals surface area contributed by atoms with Gasteiger partial charge in [-0.1, -0.05) is 28.1 Å². The zero-order valence-electron chi connectivity index (χ0n) is 9.29. The highest BCUT2D eigenvalue weighted by Crippen LogP contribution is 2.32. The second-order valence-electron chi connectivity index (χ2n) is 3.61. The van der Waals surface area contributed by atoms with E-state index < -0.39 is 5.82 Å². The van der Waals surface area contributed by atoms with Crippen LogP contribution in [0.3, 0.4) is 0 Å². The number of nitrogens with two attached hydrogens (primary N) is 1. The van der Waals surface area contributed by atoms with Crippen molar-refractivity contribution in [3.63, 3.8) is 0 Å². The van der Waals surface area contributed by atoms with Crippen LogP contribution in [0.15, 0.2) is 45.3 Å². The Balaban J connectivity index is 2.33. The maximum absolute atomic E-state index is 14.0. The van der Waals surface area contributed by atoms with E-state index in [1.807, 2.05) is 12.1 Å². The van der Waals surface area contributed by atoms with Crippen LogP contribution in [0.2, 0.25) is 0 Å². The molecule has 2 aromatic rings. The first kappa shape index (κ1) is 13.5. The zero-order valence-corrected chi connectivity index (χ0v) is 12.5. The summed E-state index contributed by atoms with van der Waals surface area (Å²) in [6, 6.07) is 10.5. The SMILES string of the molecule is NCc1ccc(Oc2cccc(Br)c2)c(F)c1Br. The largest absolute Gasteiger partial charge is 0.454 e. The molecule has 0 aliphatic rings. The number of hydrogen-bond donors (Lipinski definition) is 1. The Labute approximate surface area is 121 Å². The highest BCUT2D eigenvalue weighted by atomic mass is 79.9. The van der Waals surface area contributed by atoms with Crippen molar-refractivity contribution in [2.45, 2.75) is 6.54 Å². The van der Waals surface area contributed by atoms with Crippen molar-refractivity contribution in [3.05, 3.63) is 56.7 Å². The van der Waals surface area contributed by atoms with Crippen LogP contribution in [0.25, 0.3) is 0 Å². The predicted molar refractivity (Wildman–Crippen MR) is 76.2 cm³/mol. The third-order valence-corrected chi connectivity index (χ3v) is 3.72. The molecule has 0 radical (unpaired) electrons. The highest BCUT2D eigenvalue weighted by molar-refractivity contribution is 9.10. The summed E-state index contributed by atoms with van der Waals surface area (Å²) in [4.78, 5) is 0. The summed E-state index contributed by atoms with van der Waals surface area (Å²) >= 11 is 6.51. The summed E-state index contributed by atoms with van der Waals surface area (Å²) in [5.74, 6) is 0.283. The van der Waals surface area contributed by atoms with Gasteiger partial charge in [-0.15, -0.1) is 0 Å². The Morgan fingerprint density at radius 1 is 1.17 bits per heavy atom. The molecular formula is C13H10Br2FNO. The molecular weight excluding hydrogens is 365 g/mol. The minimum absolute atomic E-state index is 0.164. The van der Waals surface area contributed by atoms with Gasteiger partial charge in [0.25, 0.3) is 0 Å². The third-order valence-electron chi connectivity index (χ3n) is 2.37. The Kier molecular flexibility index (Phi) is 4.37. The lowest BCUT2D eigenvalue weighted by Crippen LogP contribution is -2.00. The van der Waals surface area contributed by atoms with Crippen molar-refractivity contribution in [2.75, 3.05) is 0 Å². The van der Waals surface area contributed by atoms with E-state index in [2.05, 4.69) is 31.9 Å². The number of ether oxygens (including phenoxy) is 1. The smallest absolute Gasteiger partial charge is 0.180 e. The molecule has 0 aliphatic heterocycles. The number of hydrogen-bond acceptors (Lipinski definition) is 2. The molecule has 5 heteroatoms. The normalized spacial score (nSPS) is 10.4. The monoisotopic (exact) mass is 373 g/mol. The molecule has 0 spiro atoms. The van der Waals surface area contributed by atoms with E-state index in [-0.39, 0.29) is 12.3 Å². The summed E-state index contributed by atoms with van der Waals surface area (Å²) in [5, 5.41) is 0. The quantitative estimate of drug-likeness (QED) is 0.851. The van der Waals surface area contributed by atoms with Gasteiger partial charge in [-0.3, -0.25) is 0 Å². The van der Waals surface area contributed by atoms with E-state index in [1.165, 1.54) is 0 Å². The van der Waals surface area contributed by atoms with Crippen LogP contribution in [0.1, 0.15) is 5.56 Å². The summed E-state index contributed by atoms with van der Waals surface area (Å²) in [6.45, 7) is 0.272. The molecule has 0 atom stereocenters. The second-order valence-corrected chi connectivity index (χ2v) is 5.32. The standard InChI is InChI=1S/C13H10Br2FNO/c14-9-2-1-3-10(6-9)18-11-5-4-8(7-17)12(15)13(11)16/h1-6H,7,17H2. The van der Waals surface area contributed by atoms with Crippen LogP contribution in [-0.2, 0) is 6.54 Å². The lowest BCUT2D eigenvalue weighted by atomic mass is 10.2. The van der Waals surface area contributed by atoms with Gasteiger partial charge in [-0.2, -0.15) is 0 Å². The summed E-state index contributed by atoms with van der Waals surface area (Å²) in [6.07, 6.45) is 0. The van der Waals surface area contributed by atoms with E-state index in [0.29, 0.717) is 15.8 Å². The predicted octanol–water partition coefficient (Wildman–Crippen LogP) is 4.60.